The number of thiazole rings is 1. The van der Waals surface area contributed by atoms with Gasteiger partial charge in [-0.2, -0.15) is 0 Å². The number of hydrogen-bond donors (Lipinski definition) is 2. The number of nitrogens with zero attached hydrogens (tertiary/aromatic N) is 4. The number of anilines is 1. The number of pyridine rings is 1. The fourth-order valence-electron chi connectivity index (χ4n) is 9.41. The summed E-state index contributed by atoms with van der Waals surface area (Å²) in [6, 6.07) is 58.9. The largest absolute Gasteiger partial charge is 0.497 e. The molecule has 2 amide bonds. The molecule has 8 aromatic rings. The third-order valence-electron chi connectivity index (χ3n) is 13.6. The molecule has 10 rings (SSSR count). The van der Waals surface area contributed by atoms with Gasteiger partial charge in [0.25, 0.3) is 11.8 Å². The summed E-state index contributed by atoms with van der Waals surface area (Å²) in [4.78, 5) is 71.1. The average molecular weight is 1120 g/mol. The quantitative estimate of drug-likeness (QED) is 0.0126. The Labute approximate surface area is 476 Å². The van der Waals surface area contributed by atoms with Crippen LogP contribution >= 0.6 is 34.9 Å². The summed E-state index contributed by atoms with van der Waals surface area (Å²) in [6.07, 6.45) is 1.92. The van der Waals surface area contributed by atoms with Crippen molar-refractivity contribution in [2.45, 2.75) is 61.1 Å². The highest BCUT2D eigenvalue weighted by Crippen LogP contribution is 2.43. The van der Waals surface area contributed by atoms with Crippen molar-refractivity contribution in [2.75, 3.05) is 23.9 Å². The van der Waals surface area contributed by atoms with Crippen molar-refractivity contribution in [1.82, 2.24) is 15.2 Å². The van der Waals surface area contributed by atoms with Crippen molar-refractivity contribution < 1.29 is 42.8 Å². The molecule has 0 spiro atoms. The molecule has 2 aromatic heterocycles. The van der Waals surface area contributed by atoms with Crippen LogP contribution < -0.4 is 19.9 Å². The number of carbonyl (C=O) groups is 4. The molecule has 1 saturated heterocycles. The van der Waals surface area contributed by atoms with E-state index in [1.807, 2.05) is 176 Å². The molecule has 1 fully saturated rings. The molecule has 0 saturated carbocycles. The van der Waals surface area contributed by atoms with E-state index in [1.165, 1.54) is 34.9 Å². The number of aryl methyl sites for hydroxylation is 1. The summed E-state index contributed by atoms with van der Waals surface area (Å²) >= 11 is 4.22. The van der Waals surface area contributed by atoms with Crippen LogP contribution in [0.1, 0.15) is 59.0 Å². The molecule has 4 heterocycles. The van der Waals surface area contributed by atoms with Crippen molar-refractivity contribution in [3.63, 3.8) is 0 Å². The average Bonchev–Trinajstić information content (AvgIpc) is 3.82. The van der Waals surface area contributed by atoms with Crippen molar-refractivity contribution in [1.29, 1.82) is 0 Å². The van der Waals surface area contributed by atoms with Gasteiger partial charge in [-0.05, 0) is 64.9 Å². The number of β-lactam (4-membered cyclic amide) rings is 1. The van der Waals surface area contributed by atoms with Crippen LogP contribution in [0.25, 0.3) is 0 Å². The molecule has 3 atom stereocenters. The molecule has 14 nitrogen and oxygen atoms in total. The number of nitrogens with one attached hydrogen (secondary N) is 2. The molecular formula is C63H57N6O8S3+. The lowest BCUT2D eigenvalue weighted by Gasteiger charge is -2.49. The highest BCUT2D eigenvalue weighted by molar-refractivity contribution is 8.01. The van der Waals surface area contributed by atoms with E-state index in [0.717, 1.165) is 50.4 Å². The van der Waals surface area contributed by atoms with Gasteiger partial charge >= 0.3 is 11.9 Å². The fourth-order valence-corrected chi connectivity index (χ4v) is 12.5. The lowest BCUT2D eigenvalue weighted by atomic mass is 9.77. The number of carbonyl (C=O) groups excluding carboxylic acids is 4. The number of amides is 2. The maximum absolute atomic E-state index is 15.0. The Morgan fingerprint density at radius 3 is 1.90 bits per heavy atom. The Bertz CT molecular complexity index is 3350. The third-order valence-corrected chi connectivity index (χ3v) is 16.8. The Morgan fingerprint density at radius 1 is 0.787 bits per heavy atom. The van der Waals surface area contributed by atoms with Gasteiger partial charge in [-0.3, -0.25) is 14.5 Å². The van der Waals surface area contributed by atoms with Gasteiger partial charge in [-0.1, -0.05) is 169 Å². The summed E-state index contributed by atoms with van der Waals surface area (Å²) in [7, 11) is 1.58. The molecule has 0 aliphatic carbocycles. The molecule has 0 bridgehead atoms. The van der Waals surface area contributed by atoms with Crippen LogP contribution in [0.15, 0.2) is 227 Å². The molecule has 80 heavy (non-hydrogen) atoms. The maximum atomic E-state index is 15.0. The van der Waals surface area contributed by atoms with E-state index < -0.39 is 52.9 Å². The Hall–Kier alpha value is -8.51. The second-order valence-corrected chi connectivity index (χ2v) is 21.7. The summed E-state index contributed by atoms with van der Waals surface area (Å²) in [5.41, 5.74) is 4.75. The van der Waals surface area contributed by atoms with E-state index in [-0.39, 0.29) is 23.7 Å². The minimum Gasteiger partial charge on any atom is -0.497 e. The topological polar surface area (TPSA) is 162 Å². The molecule has 2 aliphatic heterocycles. The minimum atomic E-state index is -1.31. The van der Waals surface area contributed by atoms with E-state index >= 15 is 0 Å². The molecule has 17 heteroatoms. The third kappa shape index (κ3) is 12.2. The SMILES string of the molecule is CC[n+]1ccc(SCC2=C(C(=O)OCc3ccc(OC)cc3)N3C(=O)[C@@H](NC(=O)/C(=N\O[C@@H](C)C(=O)OC(c4ccccc4)c4ccccc4)c4csc(NC(c5ccccc5)(c5ccccc5)c5ccccc5)n4)[C@H]3SC2)cc1. The van der Waals surface area contributed by atoms with Crippen molar-refractivity contribution in [3.05, 3.63) is 256 Å². The van der Waals surface area contributed by atoms with Gasteiger partial charge in [0.15, 0.2) is 29.3 Å². The van der Waals surface area contributed by atoms with E-state index in [4.69, 9.17) is 24.0 Å². The number of rotatable bonds is 22. The van der Waals surface area contributed by atoms with Crippen molar-refractivity contribution in [3.8, 4) is 5.75 Å². The molecule has 2 N–H and O–H groups in total. The van der Waals surface area contributed by atoms with Crippen LogP contribution in [-0.4, -0.2) is 75.5 Å². The van der Waals surface area contributed by atoms with Crippen molar-refractivity contribution >= 4 is 69.5 Å². The first-order valence-corrected chi connectivity index (χ1v) is 28.9. The van der Waals surface area contributed by atoms with E-state index in [2.05, 4.69) is 27.3 Å². The first kappa shape index (κ1) is 54.8. The predicted octanol–water partition coefficient (Wildman–Crippen LogP) is 10.5. The Morgan fingerprint density at radius 2 is 1.35 bits per heavy atom. The van der Waals surface area contributed by atoms with Crippen molar-refractivity contribution in [2.24, 2.45) is 5.16 Å². The number of hydrogen-bond acceptors (Lipinski definition) is 14. The van der Waals surface area contributed by atoms with Gasteiger partial charge in [-0.15, -0.1) is 34.9 Å². The lowest BCUT2D eigenvalue weighted by molar-refractivity contribution is -0.693. The van der Waals surface area contributed by atoms with Gasteiger partial charge < -0.3 is 29.7 Å². The monoisotopic (exact) mass is 1120 g/mol. The van der Waals surface area contributed by atoms with Gasteiger partial charge in [0.2, 0.25) is 6.10 Å². The molecular weight excluding hydrogens is 1060 g/mol. The van der Waals surface area contributed by atoms with Gasteiger partial charge in [0.1, 0.15) is 47.2 Å². The summed E-state index contributed by atoms with van der Waals surface area (Å²) in [6.45, 7) is 4.34. The number of benzene rings is 6. The summed E-state index contributed by atoms with van der Waals surface area (Å²) < 4.78 is 19.4. The first-order valence-electron chi connectivity index (χ1n) is 26.0. The zero-order chi connectivity index (χ0) is 55.4. The number of ether oxygens (including phenoxy) is 3. The van der Waals surface area contributed by atoms with Crippen LogP contribution in [0.5, 0.6) is 5.75 Å². The Kier molecular flexibility index (Phi) is 17.5. The second kappa shape index (κ2) is 25.5. The van der Waals surface area contributed by atoms with E-state index in [9.17, 15) is 19.2 Å². The van der Waals surface area contributed by atoms with Gasteiger partial charge in [-0.25, -0.2) is 19.1 Å². The number of oxime groups is 1. The van der Waals surface area contributed by atoms with Crippen LogP contribution in [-0.2, 0) is 52.2 Å². The lowest BCUT2D eigenvalue weighted by Crippen LogP contribution is -2.71. The number of esters is 2. The molecule has 0 radical (unpaired) electrons. The maximum Gasteiger partial charge on any atom is 0.355 e. The van der Waals surface area contributed by atoms with Gasteiger partial charge in [0.05, 0.1) is 7.11 Å². The standard InChI is InChI=1S/C63H56N6O8S3/c1-4-68-36-34-51(35-37-68)78-39-46-40-79-59-54(58(71)69(59)55(46)61(73)75-38-43-30-32-50(74-3)33-31-43)65-57(70)53(67-77-42(2)60(72)76-56(44-20-10-5-11-21-44)45-22-12-6-13-23-45)52-41-80-62(64-52)66-63(47-24-14-7-15-25-47,48-26-16-8-17-27-48)49-28-18-9-19-29-49/h5-37,41-42,54,56,59H,4,38-40H2,1-3H3,(H-,64,65,66,70)/p+1/b67-53-/t42-,54+,59+/m0/s1. The van der Waals surface area contributed by atoms with Crippen LogP contribution in [0.2, 0.25) is 0 Å². The molecule has 6 aromatic carbocycles. The predicted molar refractivity (Wildman–Crippen MR) is 311 cm³/mol. The molecule has 2 aliphatic rings. The number of thioether (sulfide) groups is 2. The number of methoxy groups -OCH3 is 1. The Balaban J connectivity index is 0.953. The van der Waals surface area contributed by atoms with E-state index in [0.29, 0.717) is 22.4 Å². The van der Waals surface area contributed by atoms with Gasteiger partial charge in [0, 0.05) is 33.9 Å². The highest BCUT2D eigenvalue weighted by atomic mass is 32.2. The van der Waals surface area contributed by atoms with Crippen LogP contribution in [0.3, 0.4) is 0 Å². The van der Waals surface area contributed by atoms with Crippen LogP contribution in [0, 0.1) is 0 Å². The summed E-state index contributed by atoms with van der Waals surface area (Å²) in [5, 5.41) is 12.5. The van der Waals surface area contributed by atoms with E-state index in [1.54, 1.807) is 48.5 Å². The normalized spacial score (nSPS) is 15.5. The summed E-state index contributed by atoms with van der Waals surface area (Å²) in [5.74, 6) is -1.25. The molecule has 404 valence electrons. The zero-order valence-corrected chi connectivity index (χ0v) is 46.5. The fraction of sp³-hybridized carbons (Fsp3) is 0.190. The minimum absolute atomic E-state index is 0.0406. The number of fused-ring (bicyclic) bond motifs is 1. The smallest absolute Gasteiger partial charge is 0.355 e. The second-order valence-electron chi connectivity index (χ2n) is 18.7. The number of aromatic nitrogens is 2. The van der Waals surface area contributed by atoms with Crippen LogP contribution in [0.4, 0.5) is 5.13 Å². The molecule has 0 unspecified atom stereocenters. The highest BCUT2D eigenvalue weighted by Gasteiger charge is 2.55. The zero-order valence-electron chi connectivity index (χ0n) is 44.0. The first-order chi connectivity index (χ1) is 39.1.